The van der Waals surface area contributed by atoms with Gasteiger partial charge in [0.1, 0.15) is 12.1 Å². The van der Waals surface area contributed by atoms with Crippen LogP contribution in [0, 0.1) is 6.92 Å². The van der Waals surface area contributed by atoms with Gasteiger partial charge >= 0.3 is 5.97 Å². The van der Waals surface area contributed by atoms with E-state index in [2.05, 4.69) is 9.97 Å². The molecule has 0 saturated heterocycles. The maximum Gasteiger partial charge on any atom is 0.335 e. The average molecular weight is 390 g/mol. The third-order valence-electron chi connectivity index (χ3n) is 4.52. The van der Waals surface area contributed by atoms with Gasteiger partial charge in [0.2, 0.25) is 0 Å². The smallest absolute Gasteiger partial charge is 0.335 e. The minimum atomic E-state index is -0.973. The lowest BCUT2D eigenvalue weighted by Gasteiger charge is -2.27. The zero-order valence-electron chi connectivity index (χ0n) is 15.0. The van der Waals surface area contributed by atoms with Crippen molar-refractivity contribution in [2.45, 2.75) is 6.92 Å². The minimum absolute atomic E-state index is 0.215. The summed E-state index contributed by atoms with van der Waals surface area (Å²) < 4.78 is 0. The molecular formula is C22H16ClN3O2. The molecule has 5 nitrogen and oxygen atoms in total. The lowest BCUT2D eigenvalue weighted by molar-refractivity contribution is 0.0697. The molecule has 0 saturated carbocycles. The van der Waals surface area contributed by atoms with E-state index in [1.54, 1.807) is 24.3 Å². The van der Waals surface area contributed by atoms with Crippen molar-refractivity contribution in [3.8, 4) is 0 Å². The lowest BCUT2D eigenvalue weighted by atomic mass is 10.1. The van der Waals surface area contributed by atoms with Gasteiger partial charge in [-0.05, 0) is 55.0 Å². The molecule has 28 heavy (non-hydrogen) atoms. The number of rotatable bonds is 4. The van der Waals surface area contributed by atoms with E-state index in [1.807, 2.05) is 54.3 Å². The molecule has 0 aliphatic heterocycles. The summed E-state index contributed by atoms with van der Waals surface area (Å²) in [6, 6.07) is 20.1. The van der Waals surface area contributed by atoms with Gasteiger partial charge in [-0.25, -0.2) is 14.8 Å². The quantitative estimate of drug-likeness (QED) is 0.480. The van der Waals surface area contributed by atoms with Gasteiger partial charge in [0.25, 0.3) is 0 Å². The molecule has 0 radical (unpaired) electrons. The van der Waals surface area contributed by atoms with E-state index in [4.69, 9.17) is 11.6 Å². The summed E-state index contributed by atoms with van der Waals surface area (Å²) in [5.41, 5.74) is 3.54. The number of aromatic nitrogens is 2. The lowest BCUT2D eigenvalue weighted by Crippen LogP contribution is -2.14. The van der Waals surface area contributed by atoms with E-state index in [0.717, 1.165) is 27.8 Å². The second kappa shape index (κ2) is 7.29. The fraction of sp³-hybridized carbons (Fsp3) is 0.0455. The summed E-state index contributed by atoms with van der Waals surface area (Å²) in [6.07, 6.45) is 1.52. The number of hydrogen-bond acceptors (Lipinski definition) is 4. The molecule has 3 aromatic carbocycles. The molecule has 0 spiro atoms. The molecule has 4 aromatic rings. The van der Waals surface area contributed by atoms with Crippen molar-refractivity contribution in [1.82, 2.24) is 9.97 Å². The van der Waals surface area contributed by atoms with Gasteiger partial charge in [0, 0.05) is 11.1 Å². The van der Waals surface area contributed by atoms with Gasteiger partial charge < -0.3 is 5.11 Å². The molecule has 1 aromatic heterocycles. The van der Waals surface area contributed by atoms with Crippen LogP contribution in [0.3, 0.4) is 0 Å². The molecule has 0 amide bonds. The van der Waals surface area contributed by atoms with Gasteiger partial charge in [-0.3, -0.25) is 4.90 Å². The number of carboxylic acids is 1. The Balaban J connectivity index is 2.00. The predicted octanol–water partition coefficient (Wildman–Crippen LogP) is 5.76. The molecule has 6 heteroatoms. The first-order valence-electron chi connectivity index (χ1n) is 8.64. The summed E-state index contributed by atoms with van der Waals surface area (Å²) >= 11 is 6.58. The van der Waals surface area contributed by atoms with Crippen LogP contribution in [0.2, 0.25) is 5.02 Å². The molecule has 0 aliphatic carbocycles. The first kappa shape index (κ1) is 17.9. The Morgan fingerprint density at radius 2 is 1.71 bits per heavy atom. The highest BCUT2D eigenvalue weighted by atomic mass is 35.5. The Hall–Kier alpha value is -3.44. The van der Waals surface area contributed by atoms with Crippen LogP contribution in [-0.2, 0) is 0 Å². The molecule has 1 N–H and O–H groups in total. The Morgan fingerprint density at radius 3 is 2.43 bits per heavy atom. The number of benzene rings is 3. The first-order valence-corrected chi connectivity index (χ1v) is 9.02. The fourth-order valence-electron chi connectivity index (χ4n) is 3.19. The number of aromatic carboxylic acids is 1. The van der Waals surface area contributed by atoms with Crippen LogP contribution in [0.25, 0.3) is 10.9 Å². The molecular weight excluding hydrogens is 374 g/mol. The summed E-state index contributed by atoms with van der Waals surface area (Å²) in [4.78, 5) is 22.1. The van der Waals surface area contributed by atoms with Crippen molar-refractivity contribution >= 4 is 45.7 Å². The molecule has 4 rings (SSSR count). The fourth-order valence-corrected chi connectivity index (χ4v) is 3.49. The number of anilines is 3. The predicted molar refractivity (Wildman–Crippen MR) is 111 cm³/mol. The van der Waals surface area contributed by atoms with Crippen molar-refractivity contribution in [2.75, 3.05) is 4.90 Å². The van der Waals surface area contributed by atoms with E-state index in [9.17, 15) is 9.90 Å². The Morgan fingerprint density at radius 1 is 0.964 bits per heavy atom. The van der Waals surface area contributed by atoms with Crippen molar-refractivity contribution in [1.29, 1.82) is 0 Å². The molecule has 0 unspecified atom stereocenters. The second-order valence-corrected chi connectivity index (χ2v) is 6.71. The van der Waals surface area contributed by atoms with Crippen molar-refractivity contribution in [3.05, 3.63) is 89.2 Å². The van der Waals surface area contributed by atoms with Crippen LogP contribution < -0.4 is 4.90 Å². The first-order chi connectivity index (χ1) is 13.6. The number of fused-ring (bicyclic) bond motifs is 1. The number of halogens is 1. The molecule has 0 aliphatic rings. The maximum absolute atomic E-state index is 11.2. The SMILES string of the molecule is Cc1cccc(Cl)c1N(c1ccc(C(=O)O)cc1)c1ncnc2ccccc12. The van der Waals surface area contributed by atoms with Crippen LogP contribution in [0.1, 0.15) is 15.9 Å². The normalized spacial score (nSPS) is 10.8. The number of carboxylic acid groups (broad SMARTS) is 1. The third kappa shape index (κ3) is 3.17. The summed E-state index contributed by atoms with van der Waals surface area (Å²) in [6.45, 7) is 1.98. The highest BCUT2D eigenvalue weighted by Gasteiger charge is 2.21. The maximum atomic E-state index is 11.2. The van der Waals surface area contributed by atoms with Crippen LogP contribution in [0.5, 0.6) is 0 Å². The molecule has 138 valence electrons. The van der Waals surface area contributed by atoms with Crippen LogP contribution in [0.15, 0.2) is 73.1 Å². The van der Waals surface area contributed by atoms with Crippen molar-refractivity contribution in [2.24, 2.45) is 0 Å². The average Bonchev–Trinajstić information content (AvgIpc) is 2.71. The van der Waals surface area contributed by atoms with Gasteiger partial charge in [-0.2, -0.15) is 0 Å². The van der Waals surface area contributed by atoms with Crippen LogP contribution in [0.4, 0.5) is 17.2 Å². The van der Waals surface area contributed by atoms with Gasteiger partial charge in [-0.15, -0.1) is 0 Å². The largest absolute Gasteiger partial charge is 0.478 e. The zero-order valence-corrected chi connectivity index (χ0v) is 15.8. The molecule has 0 bridgehead atoms. The van der Waals surface area contributed by atoms with E-state index < -0.39 is 5.97 Å². The monoisotopic (exact) mass is 389 g/mol. The summed E-state index contributed by atoms with van der Waals surface area (Å²) in [5.74, 6) is -0.301. The molecule has 1 heterocycles. The van der Waals surface area contributed by atoms with Crippen LogP contribution in [-0.4, -0.2) is 21.0 Å². The van der Waals surface area contributed by atoms with E-state index in [1.165, 1.54) is 6.33 Å². The van der Waals surface area contributed by atoms with Crippen molar-refractivity contribution < 1.29 is 9.90 Å². The van der Waals surface area contributed by atoms with Crippen LogP contribution >= 0.6 is 11.6 Å². The number of aryl methyl sites for hydroxylation is 1. The highest BCUT2D eigenvalue weighted by molar-refractivity contribution is 6.34. The second-order valence-electron chi connectivity index (χ2n) is 6.31. The van der Waals surface area contributed by atoms with E-state index in [-0.39, 0.29) is 5.56 Å². The topological polar surface area (TPSA) is 66.3 Å². The summed E-state index contributed by atoms with van der Waals surface area (Å²) in [7, 11) is 0. The third-order valence-corrected chi connectivity index (χ3v) is 4.82. The van der Waals surface area contributed by atoms with E-state index >= 15 is 0 Å². The Labute approximate surface area is 166 Å². The number of para-hydroxylation sites is 2. The summed E-state index contributed by atoms with van der Waals surface area (Å²) in [5, 5.41) is 10.7. The Bertz CT molecular complexity index is 1150. The standard InChI is InChI=1S/C22H16ClN3O2/c1-14-5-4-7-18(23)20(14)26(16-11-9-15(10-12-16)22(27)28)21-17-6-2-3-8-19(17)24-13-25-21/h2-13H,1H3,(H,27,28). The molecule has 0 atom stereocenters. The number of hydrogen-bond donors (Lipinski definition) is 1. The van der Waals surface area contributed by atoms with Gasteiger partial charge in [0.05, 0.1) is 21.8 Å². The van der Waals surface area contributed by atoms with Crippen molar-refractivity contribution in [3.63, 3.8) is 0 Å². The van der Waals surface area contributed by atoms with Gasteiger partial charge in [0.15, 0.2) is 0 Å². The minimum Gasteiger partial charge on any atom is -0.478 e. The van der Waals surface area contributed by atoms with Gasteiger partial charge in [-0.1, -0.05) is 35.9 Å². The highest BCUT2D eigenvalue weighted by Crippen LogP contribution is 2.41. The number of carbonyl (C=O) groups is 1. The zero-order chi connectivity index (χ0) is 19.7. The van der Waals surface area contributed by atoms with E-state index in [0.29, 0.717) is 10.8 Å². The Kier molecular flexibility index (Phi) is 4.67. The number of nitrogens with zero attached hydrogens (tertiary/aromatic N) is 3. The molecule has 0 fully saturated rings.